The lowest BCUT2D eigenvalue weighted by Gasteiger charge is -2.26. The van der Waals surface area contributed by atoms with E-state index < -0.39 is 0 Å². The van der Waals surface area contributed by atoms with Crippen LogP contribution in [0.4, 0.5) is 5.82 Å². The predicted molar refractivity (Wildman–Crippen MR) is 55.8 cm³/mol. The molecule has 0 radical (unpaired) electrons. The van der Waals surface area contributed by atoms with Gasteiger partial charge in [0.25, 0.3) is 0 Å². The Morgan fingerprint density at radius 1 is 1.50 bits per heavy atom. The van der Waals surface area contributed by atoms with Gasteiger partial charge in [0, 0.05) is 0 Å². The number of ether oxygens (including phenoxy) is 1. The summed E-state index contributed by atoms with van der Waals surface area (Å²) < 4.78 is 6.31. The van der Waals surface area contributed by atoms with Gasteiger partial charge in [-0.05, 0) is 35.2 Å². The summed E-state index contributed by atoms with van der Waals surface area (Å²) in [5.74, 6) is 6.36. The van der Waals surface area contributed by atoms with Crippen molar-refractivity contribution in [3.8, 4) is 5.88 Å². The largest absolute Gasteiger partial charge is 0.473 e. The number of nitrogens with zero attached hydrogens (tertiary/aromatic N) is 2. The summed E-state index contributed by atoms with van der Waals surface area (Å²) in [6.07, 6.45) is 5.15. The van der Waals surface area contributed by atoms with Crippen LogP contribution >= 0.6 is 15.9 Å². The number of aromatic nitrogens is 2. The molecule has 1 heterocycles. The SMILES string of the molecule is NNc1ncnc(OC2CCC2)c1Br. The summed E-state index contributed by atoms with van der Waals surface area (Å²) in [6.45, 7) is 0. The van der Waals surface area contributed by atoms with Gasteiger partial charge >= 0.3 is 0 Å². The Kier molecular flexibility index (Phi) is 2.83. The average molecular weight is 259 g/mol. The number of nitrogen functional groups attached to an aromatic ring is 1. The lowest BCUT2D eigenvalue weighted by molar-refractivity contribution is 0.113. The predicted octanol–water partition coefficient (Wildman–Crippen LogP) is 1.46. The molecule has 0 spiro atoms. The van der Waals surface area contributed by atoms with E-state index in [0.29, 0.717) is 22.3 Å². The molecule has 14 heavy (non-hydrogen) atoms. The molecule has 1 aromatic rings. The van der Waals surface area contributed by atoms with Crippen LogP contribution in [-0.4, -0.2) is 16.1 Å². The average Bonchev–Trinajstić information content (AvgIpc) is 2.13. The number of anilines is 1. The molecule has 1 aromatic heterocycles. The van der Waals surface area contributed by atoms with Gasteiger partial charge in [-0.25, -0.2) is 15.8 Å². The lowest BCUT2D eigenvalue weighted by atomic mass is 9.96. The van der Waals surface area contributed by atoms with Crippen LogP contribution in [0.15, 0.2) is 10.8 Å². The van der Waals surface area contributed by atoms with Crippen molar-refractivity contribution >= 4 is 21.7 Å². The van der Waals surface area contributed by atoms with E-state index in [9.17, 15) is 0 Å². The lowest BCUT2D eigenvalue weighted by Crippen LogP contribution is -2.25. The minimum Gasteiger partial charge on any atom is -0.473 e. The molecule has 1 fully saturated rings. The van der Waals surface area contributed by atoms with Crippen LogP contribution in [0.2, 0.25) is 0 Å². The first-order chi connectivity index (χ1) is 6.81. The van der Waals surface area contributed by atoms with Crippen LogP contribution in [0, 0.1) is 0 Å². The highest BCUT2D eigenvalue weighted by molar-refractivity contribution is 9.10. The Bertz CT molecular complexity index is 329. The van der Waals surface area contributed by atoms with E-state index in [1.807, 2.05) is 0 Å². The number of halogens is 1. The quantitative estimate of drug-likeness (QED) is 0.635. The van der Waals surface area contributed by atoms with Gasteiger partial charge in [0.2, 0.25) is 5.88 Å². The van der Waals surface area contributed by atoms with Crippen LogP contribution in [0.1, 0.15) is 19.3 Å². The molecule has 5 nitrogen and oxygen atoms in total. The maximum atomic E-state index is 5.63. The Labute approximate surface area is 90.2 Å². The van der Waals surface area contributed by atoms with Gasteiger partial charge in [0.15, 0.2) is 5.82 Å². The molecule has 1 aliphatic rings. The van der Waals surface area contributed by atoms with Crippen molar-refractivity contribution in [3.05, 3.63) is 10.8 Å². The number of hydrazine groups is 1. The first-order valence-corrected chi connectivity index (χ1v) is 5.24. The molecule has 0 bridgehead atoms. The van der Waals surface area contributed by atoms with Crippen molar-refractivity contribution in [2.45, 2.75) is 25.4 Å². The molecular weight excluding hydrogens is 248 g/mol. The highest BCUT2D eigenvalue weighted by atomic mass is 79.9. The van der Waals surface area contributed by atoms with Crippen LogP contribution < -0.4 is 16.0 Å². The molecule has 1 aliphatic carbocycles. The van der Waals surface area contributed by atoms with Crippen LogP contribution in [0.5, 0.6) is 5.88 Å². The van der Waals surface area contributed by atoms with Crippen molar-refractivity contribution in [3.63, 3.8) is 0 Å². The number of nitrogens with one attached hydrogen (secondary N) is 1. The smallest absolute Gasteiger partial charge is 0.233 e. The van der Waals surface area contributed by atoms with Crippen molar-refractivity contribution < 1.29 is 4.74 Å². The third-order valence-corrected chi connectivity index (χ3v) is 2.94. The van der Waals surface area contributed by atoms with Gasteiger partial charge < -0.3 is 10.2 Å². The van der Waals surface area contributed by atoms with E-state index in [2.05, 4.69) is 31.3 Å². The van der Waals surface area contributed by atoms with Crippen LogP contribution in [0.3, 0.4) is 0 Å². The minimum absolute atomic E-state index is 0.298. The second-order valence-corrected chi connectivity index (χ2v) is 3.95. The van der Waals surface area contributed by atoms with Crippen LogP contribution in [-0.2, 0) is 0 Å². The molecule has 6 heteroatoms. The van der Waals surface area contributed by atoms with E-state index in [-0.39, 0.29) is 0 Å². The normalized spacial score (nSPS) is 16.1. The zero-order valence-electron chi connectivity index (χ0n) is 7.53. The molecule has 3 N–H and O–H groups in total. The van der Waals surface area contributed by atoms with E-state index in [1.54, 1.807) is 0 Å². The zero-order chi connectivity index (χ0) is 9.97. The minimum atomic E-state index is 0.298. The second kappa shape index (κ2) is 4.10. The Balaban J connectivity index is 2.15. The Hall–Kier alpha value is -0.880. The van der Waals surface area contributed by atoms with E-state index in [0.717, 1.165) is 12.8 Å². The summed E-state index contributed by atoms with van der Waals surface area (Å²) in [5.41, 5.74) is 2.47. The van der Waals surface area contributed by atoms with Gasteiger partial charge in [-0.15, -0.1) is 0 Å². The second-order valence-electron chi connectivity index (χ2n) is 3.16. The summed E-state index contributed by atoms with van der Waals surface area (Å²) in [4.78, 5) is 7.97. The van der Waals surface area contributed by atoms with Gasteiger partial charge in [-0.3, -0.25) is 0 Å². The molecule has 2 rings (SSSR count). The van der Waals surface area contributed by atoms with E-state index in [4.69, 9.17) is 10.6 Å². The number of rotatable bonds is 3. The van der Waals surface area contributed by atoms with Gasteiger partial charge in [-0.2, -0.15) is 0 Å². The molecule has 0 atom stereocenters. The Morgan fingerprint density at radius 3 is 2.86 bits per heavy atom. The van der Waals surface area contributed by atoms with Crippen molar-refractivity contribution in [2.75, 3.05) is 5.43 Å². The van der Waals surface area contributed by atoms with E-state index in [1.165, 1.54) is 12.7 Å². The van der Waals surface area contributed by atoms with Crippen molar-refractivity contribution in [1.82, 2.24) is 9.97 Å². The standard InChI is InChI=1S/C8H11BrN4O/c9-6-7(13-10)11-4-12-8(6)14-5-2-1-3-5/h4-5H,1-3,10H2,(H,11,12,13). The summed E-state index contributed by atoms with van der Waals surface area (Å²) >= 11 is 3.33. The monoisotopic (exact) mass is 258 g/mol. The first kappa shape index (κ1) is 9.67. The molecule has 0 aromatic carbocycles. The molecule has 76 valence electrons. The third kappa shape index (κ3) is 1.80. The Morgan fingerprint density at radius 2 is 2.29 bits per heavy atom. The fraction of sp³-hybridized carbons (Fsp3) is 0.500. The van der Waals surface area contributed by atoms with Gasteiger partial charge in [0.1, 0.15) is 16.9 Å². The maximum Gasteiger partial charge on any atom is 0.233 e. The third-order valence-electron chi connectivity index (χ3n) is 2.22. The molecule has 1 saturated carbocycles. The topological polar surface area (TPSA) is 73.1 Å². The summed E-state index contributed by atoms with van der Waals surface area (Å²) in [5, 5.41) is 0. The van der Waals surface area contributed by atoms with Crippen molar-refractivity contribution in [2.24, 2.45) is 5.84 Å². The summed E-state index contributed by atoms with van der Waals surface area (Å²) in [7, 11) is 0. The molecule has 0 amide bonds. The first-order valence-electron chi connectivity index (χ1n) is 4.45. The number of hydrogen-bond acceptors (Lipinski definition) is 5. The molecule has 0 unspecified atom stereocenters. The van der Waals surface area contributed by atoms with Gasteiger partial charge in [-0.1, -0.05) is 0 Å². The fourth-order valence-electron chi connectivity index (χ4n) is 1.18. The molecular formula is C8H11BrN4O. The molecule has 0 saturated heterocycles. The summed E-state index contributed by atoms with van der Waals surface area (Å²) in [6, 6.07) is 0. The number of hydrogen-bond donors (Lipinski definition) is 2. The van der Waals surface area contributed by atoms with Crippen molar-refractivity contribution in [1.29, 1.82) is 0 Å². The zero-order valence-corrected chi connectivity index (χ0v) is 9.12. The molecule has 0 aliphatic heterocycles. The maximum absolute atomic E-state index is 5.63. The highest BCUT2D eigenvalue weighted by Crippen LogP contribution is 2.31. The number of nitrogens with two attached hydrogens (primary N) is 1. The fourth-order valence-corrected chi connectivity index (χ4v) is 1.60. The van der Waals surface area contributed by atoms with Crippen LogP contribution in [0.25, 0.3) is 0 Å². The van der Waals surface area contributed by atoms with E-state index >= 15 is 0 Å². The highest BCUT2D eigenvalue weighted by Gasteiger charge is 2.21. The van der Waals surface area contributed by atoms with Gasteiger partial charge in [0.05, 0.1) is 0 Å².